The Hall–Kier alpha value is -5.79. The number of amides is 3. The number of thiazole rings is 1. The number of nitrogens with two attached hydrogens (primary N) is 1. The van der Waals surface area contributed by atoms with Crippen LogP contribution >= 0.6 is 34.9 Å². The lowest BCUT2D eigenvalue weighted by molar-refractivity contribution is -0.148. The van der Waals surface area contributed by atoms with E-state index in [-0.39, 0.29) is 51.2 Å². The number of anilines is 1. The number of oxime groups is 1. The van der Waals surface area contributed by atoms with Crippen LogP contribution in [0.2, 0.25) is 0 Å². The number of aromatic nitrogens is 7. The summed E-state index contributed by atoms with van der Waals surface area (Å²) in [6.45, 7) is 1.21. The van der Waals surface area contributed by atoms with Gasteiger partial charge < -0.3 is 35.8 Å². The summed E-state index contributed by atoms with van der Waals surface area (Å²) in [4.78, 5) is 86.9. The maximum absolute atomic E-state index is 13.4. The number of carboxylic acid groups (broad SMARTS) is 1. The molecule has 2 aliphatic heterocycles. The van der Waals surface area contributed by atoms with E-state index in [9.17, 15) is 34.2 Å². The second-order valence-electron chi connectivity index (χ2n) is 10.0. The van der Waals surface area contributed by atoms with Crippen LogP contribution in [0, 0.1) is 6.92 Å². The van der Waals surface area contributed by atoms with Crippen LogP contribution in [-0.2, 0) is 25.8 Å². The molecule has 22 nitrogen and oxygen atoms in total. The Morgan fingerprint density at radius 3 is 2.72 bits per heavy atom. The van der Waals surface area contributed by atoms with E-state index >= 15 is 0 Å². The highest BCUT2D eigenvalue weighted by atomic mass is 32.2. The summed E-state index contributed by atoms with van der Waals surface area (Å²) in [7, 11) is 0. The Balaban J connectivity index is 1.20. The zero-order valence-corrected chi connectivity index (χ0v) is 27.5. The molecular weight excluding hydrogens is 725 g/mol. The van der Waals surface area contributed by atoms with Gasteiger partial charge in [-0.2, -0.15) is 14.5 Å². The smallest absolute Gasteiger partial charge is 0.502 e. The minimum atomic E-state index is -1.68. The number of aryl methyl sites for hydroxylation is 1. The van der Waals surface area contributed by atoms with Crippen molar-refractivity contribution in [1.82, 2.24) is 50.2 Å². The molecule has 0 aliphatic carbocycles. The van der Waals surface area contributed by atoms with E-state index in [1.165, 1.54) is 33.2 Å². The Labute approximate surface area is 289 Å². The fraction of sp³-hybridized carbons (Fsp3) is 0.240. The van der Waals surface area contributed by atoms with Crippen molar-refractivity contribution in [1.29, 1.82) is 0 Å². The van der Waals surface area contributed by atoms with Crippen LogP contribution in [0.15, 0.2) is 44.1 Å². The number of carbonyl (C=O) groups excluding carboxylic acids is 3. The van der Waals surface area contributed by atoms with Gasteiger partial charge in [0.1, 0.15) is 33.7 Å². The molecule has 6 heterocycles. The number of nitrogens with zero attached hydrogens (tertiary/aromatic N) is 8. The van der Waals surface area contributed by atoms with Gasteiger partial charge in [0.2, 0.25) is 5.88 Å². The third kappa shape index (κ3) is 6.86. The fourth-order valence-electron chi connectivity index (χ4n) is 4.56. The molecule has 0 aromatic carbocycles. The van der Waals surface area contributed by atoms with E-state index in [1.807, 2.05) is 0 Å². The van der Waals surface area contributed by atoms with Crippen LogP contribution in [0.1, 0.15) is 27.8 Å². The van der Waals surface area contributed by atoms with E-state index in [4.69, 9.17) is 20.5 Å². The molecule has 6 rings (SSSR count). The van der Waals surface area contributed by atoms with Gasteiger partial charge in [0.05, 0.1) is 6.20 Å². The number of β-lactam (4-membered cyclic amide) rings is 1. The topological polar surface area (TPSA) is 315 Å². The van der Waals surface area contributed by atoms with E-state index in [0.717, 1.165) is 34.2 Å². The second kappa shape index (κ2) is 14.0. The first kappa shape index (κ1) is 34.1. The summed E-state index contributed by atoms with van der Waals surface area (Å²) in [5, 5.41) is 39.8. The van der Waals surface area contributed by atoms with Crippen LogP contribution < -0.4 is 22.1 Å². The number of aromatic amines is 1. The van der Waals surface area contributed by atoms with Crippen molar-refractivity contribution in [2.45, 2.75) is 30.0 Å². The number of ether oxygens (including phenoxy) is 1. The van der Waals surface area contributed by atoms with Gasteiger partial charge in [0.15, 0.2) is 29.0 Å². The number of hydroxylamine groups is 1. The Morgan fingerprint density at radius 2 is 2.02 bits per heavy atom. The van der Waals surface area contributed by atoms with E-state index in [2.05, 4.69) is 40.5 Å². The minimum Gasteiger partial charge on any atom is -0.502 e. The Bertz CT molecular complexity index is 2170. The molecule has 50 heavy (non-hydrogen) atoms. The van der Waals surface area contributed by atoms with Crippen molar-refractivity contribution in [2.75, 3.05) is 17.2 Å². The highest BCUT2D eigenvalue weighted by Crippen LogP contribution is 2.42. The van der Waals surface area contributed by atoms with Crippen LogP contribution in [-0.4, -0.2) is 107 Å². The number of nitrogens with one attached hydrogen (secondary N) is 3. The average molecular weight is 747 g/mol. The number of fused-ring (bicyclic) bond motifs is 2. The summed E-state index contributed by atoms with van der Waals surface area (Å²) in [5.41, 5.74) is 6.26. The number of hydrogen-bond donors (Lipinski definition) is 7. The van der Waals surface area contributed by atoms with Crippen LogP contribution in [0.25, 0.3) is 5.78 Å². The lowest BCUT2D eigenvalue weighted by Gasteiger charge is -2.49. The molecule has 1 saturated heterocycles. The van der Waals surface area contributed by atoms with Crippen molar-refractivity contribution < 1.29 is 44.2 Å². The van der Waals surface area contributed by atoms with E-state index in [1.54, 1.807) is 6.92 Å². The summed E-state index contributed by atoms with van der Waals surface area (Å²) in [5.74, 6) is -2.61. The molecule has 0 spiro atoms. The van der Waals surface area contributed by atoms with Crippen molar-refractivity contribution in [3.63, 3.8) is 0 Å². The average Bonchev–Trinajstić information content (AvgIpc) is 3.69. The van der Waals surface area contributed by atoms with Crippen molar-refractivity contribution >= 4 is 75.4 Å². The van der Waals surface area contributed by atoms with Crippen LogP contribution in [0.4, 0.5) is 9.93 Å². The quantitative estimate of drug-likeness (QED) is 0.0192. The molecule has 0 bridgehead atoms. The monoisotopic (exact) mass is 746 g/mol. The van der Waals surface area contributed by atoms with Gasteiger partial charge in [-0.25, -0.2) is 20.2 Å². The summed E-state index contributed by atoms with van der Waals surface area (Å²) in [6, 6.07) is 0.219. The van der Waals surface area contributed by atoms with Gasteiger partial charge in [0, 0.05) is 28.5 Å². The first-order valence-corrected chi connectivity index (χ1v) is 16.7. The SMILES string of the molecule is Cc1nc2nc(C(=O)NO)cc(SCC3=C(OC(=O)O)N4C(=O)[C@@H](NC(=O)/C(=N\OCc5nc(=O)c(O)c[nH]5)c5csc(N)n5)[C@H]4SC3)n2n1. The summed E-state index contributed by atoms with van der Waals surface area (Å²) in [6.07, 6.45) is -0.668. The fourth-order valence-corrected chi connectivity index (χ4v) is 7.54. The molecule has 260 valence electrons. The van der Waals surface area contributed by atoms with Gasteiger partial charge in [-0.1, -0.05) is 5.16 Å². The first-order chi connectivity index (χ1) is 23.9. The molecule has 2 atom stereocenters. The molecule has 8 N–H and O–H groups in total. The standard InChI is InChI=1S/C25H22N12O10S3/c1-8-28-24-30-10(17(39)34-45)2-14(37(24)33-8)48-5-9-6-49-22-16(20(42)36(22)21(9)47-25(43)44)32-19(41)15(11-7-50-23(26)29-11)35-46-4-13-27-3-12(38)18(40)31-13/h2-3,7,16,22,38,45H,4-6H2,1H3,(H2,26,29)(H,32,41)(H,34,39)(H,43,44)(H,27,31,40)/b35-15-/t16-,22-/m1/s1. The Morgan fingerprint density at radius 1 is 1.22 bits per heavy atom. The highest BCUT2D eigenvalue weighted by molar-refractivity contribution is 8.01. The van der Waals surface area contributed by atoms with Crippen molar-refractivity contribution in [3.8, 4) is 5.75 Å². The van der Waals surface area contributed by atoms with Gasteiger partial charge >= 0.3 is 11.7 Å². The van der Waals surface area contributed by atoms with E-state index < -0.39 is 53.2 Å². The summed E-state index contributed by atoms with van der Waals surface area (Å²) < 4.78 is 6.42. The maximum Gasteiger partial charge on any atom is 0.512 e. The number of rotatable bonds is 11. The van der Waals surface area contributed by atoms with E-state index in [0.29, 0.717) is 16.4 Å². The summed E-state index contributed by atoms with van der Waals surface area (Å²) >= 11 is 3.36. The molecule has 4 aromatic heterocycles. The maximum atomic E-state index is 13.4. The third-order valence-electron chi connectivity index (χ3n) is 6.74. The number of thioether (sulfide) groups is 2. The van der Waals surface area contributed by atoms with Gasteiger partial charge in [-0.05, 0) is 6.92 Å². The first-order valence-electron chi connectivity index (χ1n) is 13.8. The lowest BCUT2D eigenvalue weighted by Crippen LogP contribution is -2.70. The number of nitrogen functional groups attached to an aromatic ring is 1. The zero-order chi connectivity index (χ0) is 35.7. The Kier molecular flexibility index (Phi) is 9.53. The molecule has 3 amide bonds. The number of aromatic hydroxyl groups is 1. The largest absolute Gasteiger partial charge is 0.512 e. The zero-order valence-electron chi connectivity index (χ0n) is 25.1. The highest BCUT2D eigenvalue weighted by Gasteiger charge is 2.54. The second-order valence-corrected chi connectivity index (χ2v) is 13.0. The molecule has 0 radical (unpaired) electrons. The molecule has 1 fully saturated rings. The van der Waals surface area contributed by atoms with Gasteiger partial charge in [-0.3, -0.25) is 29.3 Å². The molecular formula is C25H22N12O10S3. The normalized spacial score (nSPS) is 17.3. The van der Waals surface area contributed by atoms with Gasteiger partial charge in [0.25, 0.3) is 23.5 Å². The van der Waals surface area contributed by atoms with Crippen LogP contribution in [0.3, 0.4) is 0 Å². The van der Waals surface area contributed by atoms with Crippen molar-refractivity contribution in [2.24, 2.45) is 5.16 Å². The molecule has 2 aliphatic rings. The number of carbonyl (C=O) groups is 4. The molecule has 0 saturated carbocycles. The van der Waals surface area contributed by atoms with Crippen molar-refractivity contribution in [3.05, 3.63) is 62.5 Å². The minimum absolute atomic E-state index is 0.00918. The third-order valence-corrected chi connectivity index (χ3v) is 9.84. The predicted molar refractivity (Wildman–Crippen MR) is 171 cm³/mol. The number of H-pyrrole nitrogens is 1. The van der Waals surface area contributed by atoms with Crippen LogP contribution in [0.5, 0.6) is 5.75 Å². The molecule has 0 unspecified atom stereocenters. The molecule has 4 aromatic rings. The predicted octanol–water partition coefficient (Wildman–Crippen LogP) is -0.601. The number of hydrogen-bond acceptors (Lipinski definition) is 19. The van der Waals surface area contributed by atoms with Gasteiger partial charge in [-0.15, -0.1) is 40.0 Å². The molecule has 25 heteroatoms. The lowest BCUT2D eigenvalue weighted by atomic mass is 10.1.